The Balaban J connectivity index is 1.94. The average Bonchev–Trinajstić information content (AvgIpc) is 2.60. The molecule has 0 amide bonds. The second kappa shape index (κ2) is 6.60. The van der Waals surface area contributed by atoms with Crippen molar-refractivity contribution in [3.8, 4) is 11.5 Å². The molecule has 0 radical (unpaired) electrons. The summed E-state index contributed by atoms with van der Waals surface area (Å²) in [5, 5.41) is 8.59. The first-order valence-corrected chi connectivity index (χ1v) is 7.95. The lowest BCUT2D eigenvalue weighted by Crippen LogP contribution is -2.48. The molecule has 3 N–H and O–H groups in total. The van der Waals surface area contributed by atoms with Crippen molar-refractivity contribution in [2.24, 2.45) is 0 Å². The lowest BCUT2D eigenvalue weighted by atomic mass is 10.2. The third-order valence-electron chi connectivity index (χ3n) is 4.08. The summed E-state index contributed by atoms with van der Waals surface area (Å²) in [6, 6.07) is 3.59. The average molecular weight is 348 g/mol. The van der Waals surface area contributed by atoms with Gasteiger partial charge in [0.05, 0.1) is 19.7 Å². The highest BCUT2D eigenvalue weighted by Crippen LogP contribution is 2.34. The molecule has 24 heavy (non-hydrogen) atoms. The summed E-state index contributed by atoms with van der Waals surface area (Å²) in [5.74, 6) is 2.18. The molecule has 0 aliphatic carbocycles. The number of hydrogen-bond donors (Lipinski definition) is 3. The molecule has 128 valence electrons. The van der Waals surface area contributed by atoms with Crippen molar-refractivity contribution >= 4 is 40.5 Å². The van der Waals surface area contributed by atoms with E-state index in [0.29, 0.717) is 55.0 Å². The van der Waals surface area contributed by atoms with Crippen LogP contribution in [0.2, 0.25) is 0 Å². The molecular weight excluding hydrogens is 328 g/mol. The van der Waals surface area contributed by atoms with E-state index >= 15 is 0 Å². The largest absolute Gasteiger partial charge is 0.493 e. The summed E-state index contributed by atoms with van der Waals surface area (Å²) in [4.78, 5) is 13.0. The molecule has 1 aromatic heterocycles. The SMILES string of the molecule is COc1cc2nc(N3CCN(C(=N)S)CC3)nc(N)c2cc1OC. The molecule has 9 heteroatoms. The van der Waals surface area contributed by atoms with Gasteiger partial charge in [0, 0.05) is 37.6 Å². The Morgan fingerprint density at radius 2 is 1.75 bits per heavy atom. The van der Waals surface area contributed by atoms with Gasteiger partial charge in [-0.2, -0.15) is 4.98 Å². The molecule has 0 unspecified atom stereocenters. The molecule has 2 aromatic rings. The van der Waals surface area contributed by atoms with Crippen molar-refractivity contribution in [3.05, 3.63) is 12.1 Å². The van der Waals surface area contributed by atoms with Gasteiger partial charge >= 0.3 is 0 Å². The lowest BCUT2D eigenvalue weighted by Gasteiger charge is -2.35. The van der Waals surface area contributed by atoms with Gasteiger partial charge in [0.15, 0.2) is 16.7 Å². The minimum Gasteiger partial charge on any atom is -0.493 e. The van der Waals surface area contributed by atoms with Crippen molar-refractivity contribution in [3.63, 3.8) is 0 Å². The molecule has 0 atom stereocenters. The third kappa shape index (κ3) is 2.99. The van der Waals surface area contributed by atoms with Gasteiger partial charge in [-0.3, -0.25) is 5.41 Å². The smallest absolute Gasteiger partial charge is 0.228 e. The quantitative estimate of drug-likeness (QED) is 0.435. The Hall–Kier alpha value is -2.42. The predicted octanol–water partition coefficient (Wildman–Crippen LogP) is 1.22. The molecule has 8 nitrogen and oxygen atoms in total. The molecule has 0 spiro atoms. The first-order chi connectivity index (χ1) is 11.5. The number of rotatable bonds is 3. The maximum absolute atomic E-state index is 7.58. The van der Waals surface area contributed by atoms with Crippen LogP contribution in [0.5, 0.6) is 11.5 Å². The number of aromatic nitrogens is 2. The van der Waals surface area contributed by atoms with Gasteiger partial charge in [-0.05, 0) is 6.07 Å². The zero-order valence-electron chi connectivity index (χ0n) is 13.6. The Bertz CT molecular complexity index is 776. The molecule has 1 aliphatic heterocycles. The topological polar surface area (TPSA) is 101 Å². The van der Waals surface area contributed by atoms with Crippen LogP contribution in [0.15, 0.2) is 12.1 Å². The number of nitrogens with zero attached hydrogens (tertiary/aromatic N) is 4. The minimum absolute atomic E-state index is 0.283. The van der Waals surface area contributed by atoms with Crippen LogP contribution in [0.25, 0.3) is 10.9 Å². The standard InChI is InChI=1S/C15H20N6O2S/c1-22-11-7-9-10(8-12(11)23-2)18-15(19-13(9)16)21-5-3-20(4-6-21)14(17)24/h7-8H,3-6H2,1-2H3,(H2,17,24)(H2,16,18,19). The van der Waals surface area contributed by atoms with Gasteiger partial charge in [0.1, 0.15) is 5.82 Å². The molecule has 1 saturated heterocycles. The summed E-state index contributed by atoms with van der Waals surface area (Å²) >= 11 is 4.08. The van der Waals surface area contributed by atoms with Crippen molar-refractivity contribution in [2.75, 3.05) is 51.0 Å². The van der Waals surface area contributed by atoms with Crippen LogP contribution >= 0.6 is 12.6 Å². The molecule has 1 fully saturated rings. The third-order valence-corrected chi connectivity index (χ3v) is 4.36. The second-order valence-corrected chi connectivity index (χ2v) is 5.85. The molecule has 3 rings (SSSR count). The van der Waals surface area contributed by atoms with Crippen molar-refractivity contribution in [2.45, 2.75) is 0 Å². The van der Waals surface area contributed by atoms with Gasteiger partial charge < -0.3 is 25.0 Å². The highest BCUT2D eigenvalue weighted by molar-refractivity contribution is 7.96. The first-order valence-electron chi connectivity index (χ1n) is 7.50. The molecular formula is C15H20N6O2S. The van der Waals surface area contributed by atoms with E-state index in [1.165, 1.54) is 0 Å². The summed E-state index contributed by atoms with van der Waals surface area (Å²) in [7, 11) is 3.16. The van der Waals surface area contributed by atoms with E-state index in [1.54, 1.807) is 26.4 Å². The normalized spacial score (nSPS) is 14.8. The van der Waals surface area contributed by atoms with Gasteiger partial charge in [-0.1, -0.05) is 0 Å². The fourth-order valence-electron chi connectivity index (χ4n) is 2.73. The monoisotopic (exact) mass is 348 g/mol. The van der Waals surface area contributed by atoms with Crippen LogP contribution in [-0.4, -0.2) is 60.4 Å². The van der Waals surface area contributed by atoms with Crippen LogP contribution in [0.4, 0.5) is 11.8 Å². The maximum Gasteiger partial charge on any atom is 0.228 e. The number of methoxy groups -OCH3 is 2. The Kier molecular flexibility index (Phi) is 4.52. The number of ether oxygens (including phenoxy) is 2. The van der Waals surface area contributed by atoms with E-state index in [9.17, 15) is 0 Å². The number of nitrogens with one attached hydrogen (secondary N) is 1. The molecule has 0 bridgehead atoms. The molecule has 1 aliphatic rings. The Morgan fingerprint density at radius 1 is 1.12 bits per heavy atom. The lowest BCUT2D eigenvalue weighted by molar-refractivity contribution is 0.356. The number of nitrogens with two attached hydrogens (primary N) is 1. The van der Waals surface area contributed by atoms with Crippen LogP contribution in [0, 0.1) is 5.41 Å². The van der Waals surface area contributed by atoms with E-state index in [0.717, 1.165) is 5.39 Å². The molecule has 0 saturated carbocycles. The Morgan fingerprint density at radius 3 is 2.33 bits per heavy atom. The highest BCUT2D eigenvalue weighted by atomic mass is 32.1. The molecule has 2 heterocycles. The maximum atomic E-state index is 7.58. The van der Waals surface area contributed by atoms with Gasteiger partial charge in [-0.15, -0.1) is 12.6 Å². The van der Waals surface area contributed by atoms with Crippen LogP contribution in [-0.2, 0) is 0 Å². The van der Waals surface area contributed by atoms with Crippen molar-refractivity contribution in [1.82, 2.24) is 14.9 Å². The zero-order chi connectivity index (χ0) is 17.3. The Labute approximate surface area is 145 Å². The zero-order valence-corrected chi connectivity index (χ0v) is 14.5. The number of hydrogen-bond acceptors (Lipinski definition) is 7. The number of nitrogen functional groups attached to an aromatic ring is 1. The summed E-state index contributed by atoms with van der Waals surface area (Å²) < 4.78 is 10.6. The summed E-state index contributed by atoms with van der Waals surface area (Å²) in [5.41, 5.74) is 6.83. The fourth-order valence-corrected chi connectivity index (χ4v) is 2.93. The highest BCUT2D eigenvalue weighted by Gasteiger charge is 2.21. The molecule has 1 aromatic carbocycles. The second-order valence-electron chi connectivity index (χ2n) is 5.43. The van der Waals surface area contributed by atoms with Crippen LogP contribution in [0.1, 0.15) is 0 Å². The van der Waals surface area contributed by atoms with Gasteiger partial charge in [0.25, 0.3) is 0 Å². The van der Waals surface area contributed by atoms with E-state index in [1.807, 2.05) is 4.90 Å². The summed E-state index contributed by atoms with van der Waals surface area (Å²) in [6.07, 6.45) is 0. The summed E-state index contributed by atoms with van der Waals surface area (Å²) in [6.45, 7) is 2.83. The number of fused-ring (bicyclic) bond motifs is 1. The van der Waals surface area contributed by atoms with E-state index < -0.39 is 0 Å². The number of anilines is 2. The minimum atomic E-state index is 0.283. The van der Waals surface area contributed by atoms with Crippen LogP contribution < -0.4 is 20.1 Å². The predicted molar refractivity (Wildman–Crippen MR) is 97.6 cm³/mol. The van der Waals surface area contributed by atoms with Gasteiger partial charge in [-0.25, -0.2) is 4.98 Å². The number of piperazine rings is 1. The van der Waals surface area contributed by atoms with Crippen LogP contribution in [0.3, 0.4) is 0 Å². The van der Waals surface area contributed by atoms with Crippen molar-refractivity contribution < 1.29 is 9.47 Å². The van der Waals surface area contributed by atoms with Crippen molar-refractivity contribution in [1.29, 1.82) is 5.41 Å². The first kappa shape index (κ1) is 16.4. The van der Waals surface area contributed by atoms with E-state index in [4.69, 9.17) is 20.6 Å². The number of thiol groups is 1. The fraction of sp³-hybridized carbons (Fsp3) is 0.400. The number of benzene rings is 1. The van der Waals surface area contributed by atoms with E-state index in [2.05, 4.69) is 27.5 Å². The van der Waals surface area contributed by atoms with E-state index in [-0.39, 0.29) is 5.17 Å². The van der Waals surface area contributed by atoms with Gasteiger partial charge in [0.2, 0.25) is 5.95 Å². The number of amidine groups is 1.